The fraction of sp³-hybridized carbons (Fsp3) is 0.176. The number of aromatic nitrogens is 2. The molecule has 0 amide bonds. The maximum atomic E-state index is 12.4. The molecule has 0 aliphatic heterocycles. The van der Waals surface area contributed by atoms with Crippen molar-refractivity contribution in [2.24, 2.45) is 0 Å². The van der Waals surface area contributed by atoms with Crippen LogP contribution in [0.5, 0.6) is 0 Å². The second-order valence-electron chi connectivity index (χ2n) is 5.30. The molecule has 0 aliphatic carbocycles. The number of hydrogen-bond donors (Lipinski definition) is 1. The third-order valence-electron chi connectivity index (χ3n) is 3.39. The molecule has 8 heteroatoms. The number of thioether (sulfide) groups is 1. The monoisotopic (exact) mass is 375 g/mol. The van der Waals surface area contributed by atoms with Crippen LogP contribution >= 0.6 is 11.8 Å². The molecule has 3 aromatic rings. The van der Waals surface area contributed by atoms with E-state index in [2.05, 4.69) is 14.9 Å². The van der Waals surface area contributed by atoms with Crippen LogP contribution in [0.1, 0.15) is 12.5 Å². The Morgan fingerprint density at radius 1 is 1.04 bits per heavy atom. The Morgan fingerprint density at radius 3 is 2.36 bits per heavy atom. The molecule has 6 nitrogen and oxygen atoms in total. The Bertz CT molecular complexity index is 950. The van der Waals surface area contributed by atoms with E-state index in [1.54, 1.807) is 48.5 Å². The molecule has 1 N–H and O–H groups in total. The number of sulfonamides is 1. The first-order chi connectivity index (χ1) is 12.0. The van der Waals surface area contributed by atoms with Gasteiger partial charge in [0.15, 0.2) is 0 Å². The molecule has 0 atom stereocenters. The molecule has 0 radical (unpaired) electrons. The summed E-state index contributed by atoms with van der Waals surface area (Å²) < 4.78 is 32.9. The van der Waals surface area contributed by atoms with Gasteiger partial charge in [-0.15, -0.1) is 10.2 Å². The van der Waals surface area contributed by atoms with Gasteiger partial charge in [-0.1, -0.05) is 36.4 Å². The van der Waals surface area contributed by atoms with Gasteiger partial charge in [0.05, 0.1) is 4.90 Å². The zero-order valence-electron chi connectivity index (χ0n) is 13.8. The van der Waals surface area contributed by atoms with Crippen molar-refractivity contribution >= 4 is 27.5 Å². The largest absolute Gasteiger partial charge is 0.411 e. The fourth-order valence-corrected chi connectivity index (χ4v) is 3.66. The topological polar surface area (TPSA) is 85.1 Å². The minimum Gasteiger partial charge on any atom is -0.411 e. The molecular formula is C17H17N3O3S2. The van der Waals surface area contributed by atoms with Crippen molar-refractivity contribution in [2.45, 2.75) is 24.0 Å². The predicted molar refractivity (Wildman–Crippen MR) is 98.1 cm³/mol. The molecule has 1 aromatic heterocycles. The van der Waals surface area contributed by atoms with E-state index in [1.165, 1.54) is 11.8 Å². The molecule has 0 fully saturated rings. The summed E-state index contributed by atoms with van der Waals surface area (Å²) in [5.41, 5.74) is 2.20. The first-order valence-corrected chi connectivity index (χ1v) is 10.1. The Labute approximate surface area is 150 Å². The number of benzene rings is 2. The summed E-state index contributed by atoms with van der Waals surface area (Å²) in [5, 5.41) is 8.45. The van der Waals surface area contributed by atoms with Crippen molar-refractivity contribution in [2.75, 3.05) is 10.5 Å². The van der Waals surface area contributed by atoms with Gasteiger partial charge in [0.2, 0.25) is 5.89 Å². The number of hydrogen-bond acceptors (Lipinski definition) is 6. The van der Waals surface area contributed by atoms with E-state index in [4.69, 9.17) is 4.42 Å². The summed E-state index contributed by atoms with van der Waals surface area (Å²) >= 11 is 1.47. The zero-order chi connectivity index (χ0) is 17.9. The molecule has 0 unspecified atom stereocenters. The van der Waals surface area contributed by atoms with Crippen LogP contribution in [0.4, 0.5) is 5.69 Å². The highest BCUT2D eigenvalue weighted by molar-refractivity contribution is 7.99. The Morgan fingerprint density at radius 2 is 1.72 bits per heavy atom. The van der Waals surface area contributed by atoms with Crippen molar-refractivity contribution in [3.63, 3.8) is 0 Å². The van der Waals surface area contributed by atoms with E-state index in [0.717, 1.165) is 16.9 Å². The van der Waals surface area contributed by atoms with Crippen molar-refractivity contribution in [1.82, 2.24) is 10.2 Å². The minimum atomic E-state index is -3.62. The summed E-state index contributed by atoms with van der Waals surface area (Å²) in [5.74, 6) is 1.25. The average Bonchev–Trinajstić information content (AvgIpc) is 3.05. The van der Waals surface area contributed by atoms with E-state index < -0.39 is 10.0 Å². The Hall–Kier alpha value is -2.32. The lowest BCUT2D eigenvalue weighted by Gasteiger charge is -2.08. The smallest absolute Gasteiger partial charge is 0.276 e. The van der Waals surface area contributed by atoms with Gasteiger partial charge in [0, 0.05) is 11.3 Å². The van der Waals surface area contributed by atoms with Crippen molar-refractivity contribution < 1.29 is 12.8 Å². The molecule has 0 bridgehead atoms. The van der Waals surface area contributed by atoms with Gasteiger partial charge < -0.3 is 4.42 Å². The van der Waals surface area contributed by atoms with Gasteiger partial charge in [-0.25, -0.2) is 8.42 Å². The van der Waals surface area contributed by atoms with Gasteiger partial charge in [-0.3, -0.25) is 4.72 Å². The van der Waals surface area contributed by atoms with E-state index >= 15 is 0 Å². The van der Waals surface area contributed by atoms with Crippen molar-refractivity contribution in [3.8, 4) is 11.5 Å². The molecule has 130 valence electrons. The third kappa shape index (κ3) is 4.21. The van der Waals surface area contributed by atoms with Crippen LogP contribution in [0.25, 0.3) is 11.5 Å². The number of nitrogens with one attached hydrogen (secondary N) is 1. The predicted octanol–water partition coefficient (Wildman–Crippen LogP) is 3.96. The third-order valence-corrected chi connectivity index (χ3v) is 5.49. The lowest BCUT2D eigenvalue weighted by Crippen LogP contribution is -2.12. The second-order valence-corrected chi connectivity index (χ2v) is 8.20. The molecule has 0 spiro atoms. The van der Waals surface area contributed by atoms with E-state index in [0.29, 0.717) is 16.8 Å². The molecule has 0 aliphatic rings. The Kier molecular flexibility index (Phi) is 5.10. The zero-order valence-corrected chi connectivity index (χ0v) is 15.4. The quantitative estimate of drug-likeness (QED) is 0.657. The molecule has 0 saturated heterocycles. The van der Waals surface area contributed by atoms with E-state index in [9.17, 15) is 8.42 Å². The number of nitrogens with zero attached hydrogens (tertiary/aromatic N) is 2. The standard InChI is InChI=1S/C17H17N3O3S2/c1-3-24-17-19-18-16(23-17)13-6-8-14(9-7-13)20-25(21,22)15-10-4-12(2)5-11-15/h4-11,20H,3H2,1-2H3. The van der Waals surface area contributed by atoms with Crippen molar-refractivity contribution in [3.05, 3.63) is 54.1 Å². The van der Waals surface area contributed by atoms with Crippen LogP contribution < -0.4 is 4.72 Å². The number of rotatable bonds is 6. The SMILES string of the molecule is CCSc1nnc(-c2ccc(NS(=O)(=O)c3ccc(C)cc3)cc2)o1. The van der Waals surface area contributed by atoms with Gasteiger partial charge in [0.1, 0.15) is 0 Å². The van der Waals surface area contributed by atoms with Crippen LogP contribution in [0.2, 0.25) is 0 Å². The normalized spacial score (nSPS) is 11.4. The Balaban J connectivity index is 1.76. The van der Waals surface area contributed by atoms with Gasteiger partial charge in [0.25, 0.3) is 15.2 Å². The molecule has 1 heterocycles. The van der Waals surface area contributed by atoms with Gasteiger partial charge >= 0.3 is 0 Å². The number of aryl methyl sites for hydroxylation is 1. The summed E-state index contributed by atoms with van der Waals surface area (Å²) in [7, 11) is -3.62. The molecule has 25 heavy (non-hydrogen) atoms. The summed E-state index contributed by atoms with van der Waals surface area (Å²) in [6.45, 7) is 3.91. The highest BCUT2D eigenvalue weighted by atomic mass is 32.2. The van der Waals surface area contributed by atoms with E-state index in [1.807, 2.05) is 13.8 Å². The van der Waals surface area contributed by atoms with Gasteiger partial charge in [-0.05, 0) is 49.1 Å². The molecule has 2 aromatic carbocycles. The van der Waals surface area contributed by atoms with Gasteiger partial charge in [-0.2, -0.15) is 0 Å². The minimum absolute atomic E-state index is 0.223. The summed E-state index contributed by atoms with van der Waals surface area (Å²) in [6, 6.07) is 13.5. The molecule has 0 saturated carbocycles. The van der Waals surface area contributed by atoms with Crippen LogP contribution in [-0.4, -0.2) is 24.4 Å². The lowest BCUT2D eigenvalue weighted by atomic mass is 10.2. The molecular weight excluding hydrogens is 358 g/mol. The maximum Gasteiger partial charge on any atom is 0.276 e. The van der Waals surface area contributed by atoms with Crippen LogP contribution in [0, 0.1) is 6.92 Å². The number of anilines is 1. The summed E-state index contributed by atoms with van der Waals surface area (Å²) in [4.78, 5) is 0.223. The van der Waals surface area contributed by atoms with E-state index in [-0.39, 0.29) is 4.90 Å². The first-order valence-electron chi connectivity index (χ1n) is 7.64. The van der Waals surface area contributed by atoms with Crippen LogP contribution in [-0.2, 0) is 10.0 Å². The maximum absolute atomic E-state index is 12.4. The lowest BCUT2D eigenvalue weighted by molar-refractivity contribution is 0.466. The molecule has 3 rings (SSSR count). The first kappa shape index (κ1) is 17.5. The highest BCUT2D eigenvalue weighted by Crippen LogP contribution is 2.25. The second kappa shape index (κ2) is 7.28. The fourth-order valence-electron chi connectivity index (χ4n) is 2.12. The average molecular weight is 375 g/mol. The van der Waals surface area contributed by atoms with Crippen LogP contribution in [0.15, 0.2) is 63.1 Å². The highest BCUT2D eigenvalue weighted by Gasteiger charge is 2.14. The van der Waals surface area contributed by atoms with Crippen LogP contribution in [0.3, 0.4) is 0 Å². The van der Waals surface area contributed by atoms with Crippen molar-refractivity contribution in [1.29, 1.82) is 0 Å². The summed E-state index contributed by atoms with van der Waals surface area (Å²) in [6.07, 6.45) is 0.